The average molecular weight is 415 g/mol. The van der Waals surface area contributed by atoms with Crippen LogP contribution in [0.2, 0.25) is 0 Å². The molecule has 0 saturated carbocycles. The topological polar surface area (TPSA) is 81.0 Å². The molecule has 1 atom stereocenters. The number of fused-ring (bicyclic) bond motifs is 1. The van der Waals surface area contributed by atoms with Crippen LogP contribution in [-0.2, 0) is 6.54 Å². The van der Waals surface area contributed by atoms with Crippen molar-refractivity contribution < 1.29 is 18.0 Å². The summed E-state index contributed by atoms with van der Waals surface area (Å²) in [4.78, 5) is 38.2. The molecule has 0 bridgehead atoms. The molecule has 1 unspecified atom stereocenters. The normalized spacial score (nSPS) is 16.2. The number of aromatic nitrogens is 4. The molecule has 3 aromatic rings. The van der Waals surface area contributed by atoms with E-state index in [0.717, 1.165) is 9.47 Å². The number of hydrogen-bond donors (Lipinski definition) is 0. The second-order valence-electron chi connectivity index (χ2n) is 6.79. The molecule has 154 valence electrons. The summed E-state index contributed by atoms with van der Waals surface area (Å²) >= 11 is 0. The van der Waals surface area contributed by atoms with Crippen molar-refractivity contribution in [1.82, 2.24) is 19.5 Å². The third-order valence-electron chi connectivity index (χ3n) is 4.88. The van der Waals surface area contributed by atoms with Gasteiger partial charge in [0, 0.05) is 24.4 Å². The highest BCUT2D eigenvalue weighted by atomic mass is 19.4. The number of benzene rings is 1. The number of anilines is 1. The fraction of sp³-hybridized carbons (Fsp3) is 0.250. The van der Waals surface area contributed by atoms with Crippen molar-refractivity contribution in [2.75, 3.05) is 11.4 Å². The maximum absolute atomic E-state index is 13.8. The second kappa shape index (κ2) is 7.69. The average Bonchev–Trinajstić information content (AvgIpc) is 2.74. The number of nitrogens with zero attached hydrogens (tertiary/aromatic N) is 5. The minimum Gasteiger partial charge on any atom is -0.322 e. The first-order chi connectivity index (χ1) is 14.3. The fourth-order valence-corrected chi connectivity index (χ4v) is 3.43. The number of hydrogen-bond acceptors (Lipinski definition) is 6. The lowest BCUT2D eigenvalue weighted by atomic mass is 10.1. The van der Waals surface area contributed by atoms with Crippen molar-refractivity contribution in [3.05, 3.63) is 70.9 Å². The van der Waals surface area contributed by atoms with Crippen LogP contribution >= 0.6 is 0 Å². The predicted octanol–water partition coefficient (Wildman–Crippen LogP) is 2.72. The molecule has 7 nitrogen and oxygen atoms in total. The van der Waals surface area contributed by atoms with Crippen molar-refractivity contribution in [3.8, 4) is 11.4 Å². The predicted molar refractivity (Wildman–Crippen MR) is 102 cm³/mol. The van der Waals surface area contributed by atoms with E-state index in [-0.39, 0.29) is 30.2 Å². The lowest BCUT2D eigenvalue weighted by molar-refractivity contribution is -0.152. The minimum absolute atomic E-state index is 0.119. The molecule has 4 rings (SSSR count). The third kappa shape index (κ3) is 3.80. The number of carbonyl (C=O) groups excluding carboxylic acids is 1. The standard InChI is InChI=1S/C20H16F3N5O2/c21-20(22,23)17-7-9-27-18(30)10-15(14-6-8-24-12-25-14)26-19(27)28(17)11-16(29)13-4-2-1-3-5-13/h1-6,8,10,12,17H,7,9,11H2. The summed E-state index contributed by atoms with van der Waals surface area (Å²) in [5, 5.41) is 0. The fourth-order valence-electron chi connectivity index (χ4n) is 3.43. The first kappa shape index (κ1) is 19.7. The van der Waals surface area contributed by atoms with E-state index in [9.17, 15) is 22.8 Å². The molecule has 3 heterocycles. The van der Waals surface area contributed by atoms with Crippen LogP contribution in [-0.4, -0.2) is 44.1 Å². The molecule has 0 fully saturated rings. The van der Waals surface area contributed by atoms with Gasteiger partial charge in [-0.2, -0.15) is 13.2 Å². The van der Waals surface area contributed by atoms with Crippen molar-refractivity contribution in [2.24, 2.45) is 0 Å². The molecule has 0 saturated heterocycles. The monoisotopic (exact) mass is 415 g/mol. The van der Waals surface area contributed by atoms with Crippen molar-refractivity contribution in [1.29, 1.82) is 0 Å². The zero-order valence-corrected chi connectivity index (χ0v) is 15.6. The molecule has 10 heteroatoms. The molecule has 1 aromatic carbocycles. The van der Waals surface area contributed by atoms with Gasteiger partial charge in [0.1, 0.15) is 12.4 Å². The first-order valence-corrected chi connectivity index (χ1v) is 9.14. The molecule has 2 aromatic heterocycles. The first-order valence-electron chi connectivity index (χ1n) is 9.14. The lowest BCUT2D eigenvalue weighted by Crippen LogP contribution is -2.54. The van der Waals surface area contributed by atoms with Gasteiger partial charge in [-0.3, -0.25) is 14.2 Å². The Morgan fingerprint density at radius 3 is 2.57 bits per heavy atom. The summed E-state index contributed by atoms with van der Waals surface area (Å²) in [6, 6.07) is 8.83. The zero-order valence-electron chi connectivity index (χ0n) is 15.6. The van der Waals surface area contributed by atoms with E-state index >= 15 is 0 Å². The third-order valence-corrected chi connectivity index (χ3v) is 4.88. The van der Waals surface area contributed by atoms with Gasteiger partial charge in [0.25, 0.3) is 5.56 Å². The quantitative estimate of drug-likeness (QED) is 0.610. The zero-order chi connectivity index (χ0) is 21.3. The number of Topliss-reactive ketones (excluding diaryl/α,β-unsaturated/α-hetero) is 1. The van der Waals surface area contributed by atoms with E-state index in [4.69, 9.17) is 0 Å². The van der Waals surface area contributed by atoms with Crippen LogP contribution < -0.4 is 10.5 Å². The number of rotatable bonds is 4. The summed E-state index contributed by atoms with van der Waals surface area (Å²) in [6.07, 6.45) is -2.25. The van der Waals surface area contributed by atoms with E-state index in [0.29, 0.717) is 5.69 Å². The van der Waals surface area contributed by atoms with Crippen molar-refractivity contribution >= 4 is 11.7 Å². The maximum atomic E-state index is 13.8. The molecule has 1 aliphatic rings. The van der Waals surface area contributed by atoms with E-state index in [2.05, 4.69) is 15.0 Å². The van der Waals surface area contributed by atoms with Gasteiger partial charge in [-0.25, -0.2) is 15.0 Å². The van der Waals surface area contributed by atoms with Crippen LogP contribution in [0.1, 0.15) is 16.8 Å². The van der Waals surface area contributed by atoms with Gasteiger partial charge in [-0.15, -0.1) is 0 Å². The van der Waals surface area contributed by atoms with E-state index in [1.807, 2.05) is 0 Å². The Kier molecular flexibility index (Phi) is 5.06. The summed E-state index contributed by atoms with van der Waals surface area (Å²) < 4.78 is 42.5. The summed E-state index contributed by atoms with van der Waals surface area (Å²) in [6.45, 7) is -0.709. The summed E-state index contributed by atoms with van der Waals surface area (Å²) in [5.74, 6) is -0.700. The molecule has 0 amide bonds. The van der Waals surface area contributed by atoms with Gasteiger partial charge in [-0.1, -0.05) is 30.3 Å². The highest BCUT2D eigenvalue weighted by Crippen LogP contribution is 2.34. The highest BCUT2D eigenvalue weighted by Gasteiger charge is 2.47. The van der Waals surface area contributed by atoms with Crippen LogP contribution in [0.4, 0.5) is 19.1 Å². The molecule has 0 aliphatic carbocycles. The van der Waals surface area contributed by atoms with Crippen LogP contribution in [0.5, 0.6) is 0 Å². The Morgan fingerprint density at radius 1 is 1.13 bits per heavy atom. The van der Waals surface area contributed by atoms with Crippen LogP contribution in [0.3, 0.4) is 0 Å². The van der Waals surface area contributed by atoms with Gasteiger partial charge in [-0.05, 0) is 12.5 Å². The van der Waals surface area contributed by atoms with E-state index < -0.39 is 30.1 Å². The van der Waals surface area contributed by atoms with Crippen molar-refractivity contribution in [2.45, 2.75) is 25.2 Å². The number of halogens is 3. The molecule has 0 radical (unpaired) electrons. The van der Waals surface area contributed by atoms with Crippen LogP contribution in [0, 0.1) is 0 Å². The lowest BCUT2D eigenvalue weighted by Gasteiger charge is -2.38. The molecule has 0 spiro atoms. The Bertz CT molecular complexity index is 1120. The molecule has 30 heavy (non-hydrogen) atoms. The Labute approximate surface area is 168 Å². The Hall–Kier alpha value is -3.56. The number of alkyl halides is 3. The van der Waals surface area contributed by atoms with Crippen LogP contribution in [0.25, 0.3) is 11.4 Å². The maximum Gasteiger partial charge on any atom is 0.408 e. The van der Waals surface area contributed by atoms with Gasteiger partial charge in [0.2, 0.25) is 5.95 Å². The van der Waals surface area contributed by atoms with Gasteiger partial charge >= 0.3 is 6.18 Å². The SMILES string of the molecule is O=C(CN1c2nc(-c3ccncn3)cc(=O)n2CCC1C(F)(F)F)c1ccccc1. The minimum atomic E-state index is -4.59. The molecular formula is C20H16F3N5O2. The molecule has 0 N–H and O–H groups in total. The van der Waals surface area contributed by atoms with E-state index in [1.165, 1.54) is 36.8 Å². The largest absolute Gasteiger partial charge is 0.408 e. The van der Waals surface area contributed by atoms with Crippen molar-refractivity contribution in [3.63, 3.8) is 0 Å². The summed E-state index contributed by atoms with van der Waals surface area (Å²) in [5.41, 5.74) is 0.193. The smallest absolute Gasteiger partial charge is 0.322 e. The van der Waals surface area contributed by atoms with Gasteiger partial charge in [0.15, 0.2) is 5.78 Å². The van der Waals surface area contributed by atoms with Crippen LogP contribution in [0.15, 0.2) is 59.8 Å². The second-order valence-corrected chi connectivity index (χ2v) is 6.79. The molecular weight excluding hydrogens is 399 g/mol. The number of ketones is 1. The molecule has 1 aliphatic heterocycles. The Balaban J connectivity index is 1.80. The Morgan fingerprint density at radius 2 is 1.90 bits per heavy atom. The summed E-state index contributed by atoms with van der Waals surface area (Å²) in [7, 11) is 0. The van der Waals surface area contributed by atoms with E-state index in [1.54, 1.807) is 18.2 Å². The van der Waals surface area contributed by atoms with Gasteiger partial charge < -0.3 is 4.90 Å². The van der Waals surface area contributed by atoms with Gasteiger partial charge in [0.05, 0.1) is 17.9 Å². The number of carbonyl (C=O) groups is 1. The highest BCUT2D eigenvalue weighted by molar-refractivity contribution is 5.99.